The Balaban J connectivity index is 2.92. The van der Waals surface area contributed by atoms with Gasteiger partial charge in [0.25, 0.3) is 0 Å². The summed E-state index contributed by atoms with van der Waals surface area (Å²) in [7, 11) is 0. The fraction of sp³-hybridized carbons (Fsp3) is 0. The lowest BCUT2D eigenvalue weighted by atomic mass is 11.6. The van der Waals surface area contributed by atoms with E-state index in [9.17, 15) is 0 Å². The van der Waals surface area contributed by atoms with Crippen molar-refractivity contribution in [3.63, 3.8) is 0 Å². The summed E-state index contributed by atoms with van der Waals surface area (Å²) in [6, 6.07) is 0. The quantitative estimate of drug-likeness (QED) is 0.210. The van der Waals surface area contributed by atoms with E-state index in [2.05, 4.69) is 29.5 Å². The Kier molecular flexibility index (Phi) is 3.46. The maximum absolute atomic E-state index is 3.58. The minimum absolute atomic E-state index is 1.27. The summed E-state index contributed by atoms with van der Waals surface area (Å²) in [6.45, 7) is 3.05. The van der Waals surface area contributed by atoms with Crippen LogP contribution in [0.3, 0.4) is 0 Å². The lowest BCUT2D eigenvalue weighted by Crippen LogP contribution is -1.42. The van der Waals surface area contributed by atoms with E-state index in [-0.39, 0.29) is 0 Å². The third kappa shape index (κ3) is 3.69. The molecule has 28 valence electrons. The maximum atomic E-state index is 3.58. The van der Waals surface area contributed by atoms with E-state index >= 15 is 0 Å². The van der Waals surface area contributed by atoms with Gasteiger partial charge in [0.05, 0.1) is 5.55 Å². The number of hydrogen-bond acceptors (Lipinski definition) is 2. The zero-order chi connectivity index (χ0) is 4.12. The van der Waals surface area contributed by atoms with Crippen LogP contribution in [-0.4, -0.2) is 12.3 Å². The first-order valence-corrected chi connectivity index (χ1v) is 1.55. The highest BCUT2D eigenvalue weighted by atomic mass is 32.1. The minimum atomic E-state index is 1.27. The smallest absolute Gasteiger partial charge is 0.0794 e. The number of hydrogen-bond donors (Lipinski definition) is 1. The van der Waals surface area contributed by atoms with Gasteiger partial charge < -0.3 is 0 Å². The van der Waals surface area contributed by atoms with E-state index in [0.29, 0.717) is 0 Å². The summed E-state index contributed by atoms with van der Waals surface area (Å²) in [6.07, 6.45) is 0. The first-order chi connectivity index (χ1) is 2.41. The van der Waals surface area contributed by atoms with Gasteiger partial charge in [-0.1, -0.05) is 0 Å². The molecule has 0 heterocycles. The van der Waals surface area contributed by atoms with Crippen LogP contribution >= 0.6 is 12.6 Å². The predicted octanol–water partition coefficient (Wildman–Crippen LogP) is 0.560. The highest BCUT2D eigenvalue weighted by Gasteiger charge is 1.41. The van der Waals surface area contributed by atoms with E-state index in [0.717, 1.165) is 0 Å². The second-order valence-electron chi connectivity index (χ2n) is 0.372. The Morgan fingerprint density at radius 2 is 2.40 bits per heavy atom. The van der Waals surface area contributed by atoms with E-state index in [1.165, 1.54) is 5.55 Å². The molecule has 0 amide bonds. The normalized spacial score (nSPS) is 9.00. The molecule has 0 aliphatic rings. The minimum Gasteiger partial charge on any atom is -0.167 e. The van der Waals surface area contributed by atoms with Gasteiger partial charge in [-0.05, 0) is 0 Å². The second-order valence-corrected chi connectivity index (χ2v) is 0.603. The third-order valence-corrected chi connectivity index (χ3v) is 0.237. The molecule has 0 aromatic heterocycles. The van der Waals surface area contributed by atoms with Crippen LogP contribution in [0, 0.1) is 0 Å². The molecule has 0 rings (SSSR count). The highest BCUT2D eigenvalue weighted by Crippen LogP contribution is 1.62. The Bertz CT molecular complexity index is 49.6. The van der Waals surface area contributed by atoms with Crippen molar-refractivity contribution >= 4 is 24.9 Å². The van der Waals surface area contributed by atoms with Crippen LogP contribution in [0.25, 0.3) is 0 Å². The topological polar surface area (TPSA) is 24.7 Å². The zero-order valence-corrected chi connectivity index (χ0v) is 3.52. The molecule has 0 spiro atoms. The van der Waals surface area contributed by atoms with Gasteiger partial charge in [0.2, 0.25) is 0 Å². The van der Waals surface area contributed by atoms with E-state index in [4.69, 9.17) is 0 Å². The number of nitrogens with zero attached hydrogens (tertiary/aromatic N) is 2. The van der Waals surface area contributed by atoms with Gasteiger partial charge in [0.1, 0.15) is 0 Å². The lowest BCUT2D eigenvalue weighted by Gasteiger charge is -1.58. The molecule has 3 heteroatoms. The molecule has 0 fully saturated rings. The molecule has 0 aromatic rings. The van der Waals surface area contributed by atoms with Gasteiger partial charge in [-0.25, -0.2) is 0 Å². The monoisotopic (exact) mass is 88.0 g/mol. The predicted molar refractivity (Wildman–Crippen MR) is 27.0 cm³/mol. The molecule has 0 aromatic carbocycles. The molecule has 0 aliphatic carbocycles. The first-order valence-electron chi connectivity index (χ1n) is 1.03. The van der Waals surface area contributed by atoms with Crippen LogP contribution in [0.4, 0.5) is 0 Å². The molecule has 5 heavy (non-hydrogen) atoms. The molecule has 0 aliphatic heterocycles. The van der Waals surface area contributed by atoms with E-state index in [1.807, 2.05) is 0 Å². The van der Waals surface area contributed by atoms with Crippen LogP contribution in [0.5, 0.6) is 0 Å². The van der Waals surface area contributed by atoms with Gasteiger partial charge in [-0.2, -0.15) is 10.2 Å². The van der Waals surface area contributed by atoms with Gasteiger partial charge in [-0.3, -0.25) is 0 Å². The second kappa shape index (κ2) is 3.69. The molecule has 0 N–H and O–H groups in total. The molecule has 0 saturated carbocycles. The van der Waals surface area contributed by atoms with Gasteiger partial charge in [0, 0.05) is 6.72 Å². The summed E-state index contributed by atoms with van der Waals surface area (Å²) < 4.78 is 0. The van der Waals surface area contributed by atoms with Gasteiger partial charge in [0.15, 0.2) is 0 Å². The van der Waals surface area contributed by atoms with Crippen molar-refractivity contribution < 1.29 is 0 Å². The average molecular weight is 88.1 g/mol. The van der Waals surface area contributed by atoms with Crippen molar-refractivity contribution in [1.29, 1.82) is 0 Å². The van der Waals surface area contributed by atoms with Gasteiger partial charge in [-0.15, -0.1) is 12.6 Å². The van der Waals surface area contributed by atoms with Crippen LogP contribution < -0.4 is 0 Å². The number of thiol groups is 1. The van der Waals surface area contributed by atoms with Crippen LogP contribution in [0.15, 0.2) is 10.2 Å². The lowest BCUT2D eigenvalue weighted by molar-refractivity contribution is 1.29. The Morgan fingerprint density at radius 3 is 2.40 bits per heavy atom. The molecule has 2 nitrogen and oxygen atoms in total. The van der Waals surface area contributed by atoms with Crippen molar-refractivity contribution in [2.75, 3.05) is 0 Å². The van der Waals surface area contributed by atoms with Crippen LogP contribution in [-0.2, 0) is 0 Å². The van der Waals surface area contributed by atoms with Crippen molar-refractivity contribution in [2.45, 2.75) is 0 Å². The molecule has 0 saturated heterocycles. The molecule has 0 unspecified atom stereocenters. The summed E-state index contributed by atoms with van der Waals surface area (Å²) >= 11 is 3.58. The van der Waals surface area contributed by atoms with Gasteiger partial charge >= 0.3 is 0 Å². The maximum Gasteiger partial charge on any atom is 0.0794 e. The Morgan fingerprint density at radius 1 is 1.80 bits per heavy atom. The molecular weight excluding hydrogens is 84.1 g/mol. The molecule has 0 atom stereocenters. The summed E-state index contributed by atoms with van der Waals surface area (Å²) in [5.41, 5.74) is 1.27. The Hall–Kier alpha value is -0.310. The standard InChI is InChI=1S/C2H4N2S/c1-3-4-2-5/h2H,1H2,(H,4,5). The largest absolute Gasteiger partial charge is 0.167 e. The fourth-order valence-corrected chi connectivity index (χ4v) is 0.110. The molecular formula is C2H4N2S. The first kappa shape index (κ1) is 4.69. The summed E-state index contributed by atoms with van der Waals surface area (Å²) in [5, 5.41) is 6.32. The van der Waals surface area contributed by atoms with E-state index in [1.54, 1.807) is 0 Å². The Labute approximate surface area is 36.0 Å². The van der Waals surface area contributed by atoms with Crippen molar-refractivity contribution in [3.05, 3.63) is 0 Å². The SMILES string of the molecule is C=N/N=C\S. The summed E-state index contributed by atoms with van der Waals surface area (Å²) in [5.74, 6) is 0. The average Bonchev–Trinajstić information content (AvgIpc) is 1.41. The van der Waals surface area contributed by atoms with Crippen molar-refractivity contribution in [3.8, 4) is 0 Å². The fourth-order valence-electron chi connectivity index (χ4n) is 0.0365. The summed E-state index contributed by atoms with van der Waals surface area (Å²) in [4.78, 5) is 0. The zero-order valence-electron chi connectivity index (χ0n) is 2.63. The van der Waals surface area contributed by atoms with Crippen molar-refractivity contribution in [1.82, 2.24) is 0 Å². The van der Waals surface area contributed by atoms with Crippen LogP contribution in [0.2, 0.25) is 0 Å². The van der Waals surface area contributed by atoms with Crippen molar-refractivity contribution in [2.24, 2.45) is 10.2 Å². The molecule has 0 radical (unpaired) electrons. The molecule has 0 bridgehead atoms. The van der Waals surface area contributed by atoms with E-state index < -0.39 is 0 Å². The highest BCUT2D eigenvalue weighted by molar-refractivity contribution is 7.94. The van der Waals surface area contributed by atoms with Crippen LogP contribution in [0.1, 0.15) is 0 Å². The third-order valence-electron chi connectivity index (χ3n) is 0.133. The number of rotatable bonds is 1.